The van der Waals surface area contributed by atoms with Gasteiger partial charge < -0.3 is 10.5 Å². The quantitative estimate of drug-likeness (QED) is 0.415. The molecule has 118 valence electrons. The predicted octanol–water partition coefficient (Wildman–Crippen LogP) is 2.66. The second kappa shape index (κ2) is 6.13. The van der Waals surface area contributed by atoms with E-state index in [4.69, 9.17) is 17.3 Å². The van der Waals surface area contributed by atoms with E-state index in [1.807, 2.05) is 16.7 Å². The van der Waals surface area contributed by atoms with E-state index < -0.39 is 0 Å². The van der Waals surface area contributed by atoms with Crippen molar-refractivity contribution in [3.05, 3.63) is 45.4 Å². The van der Waals surface area contributed by atoms with Crippen molar-refractivity contribution in [3.8, 4) is 0 Å². The van der Waals surface area contributed by atoms with Gasteiger partial charge in [-0.1, -0.05) is 12.1 Å². The van der Waals surface area contributed by atoms with Gasteiger partial charge in [0.15, 0.2) is 21.7 Å². The van der Waals surface area contributed by atoms with Gasteiger partial charge in [0.2, 0.25) is 5.28 Å². The largest absolute Gasteiger partial charge is 0.465 e. The summed E-state index contributed by atoms with van der Waals surface area (Å²) in [6.07, 6.45) is 0. The molecule has 23 heavy (non-hydrogen) atoms. The van der Waals surface area contributed by atoms with E-state index in [1.165, 1.54) is 7.11 Å². The van der Waals surface area contributed by atoms with Crippen molar-refractivity contribution in [1.29, 1.82) is 0 Å². The molecule has 0 aliphatic carbocycles. The van der Waals surface area contributed by atoms with Crippen LogP contribution in [0.3, 0.4) is 0 Å². The highest BCUT2D eigenvalue weighted by atomic mass is 79.9. The minimum atomic E-state index is -0.377. The van der Waals surface area contributed by atoms with Gasteiger partial charge >= 0.3 is 5.97 Å². The van der Waals surface area contributed by atoms with Gasteiger partial charge in [-0.3, -0.25) is 4.57 Å². The molecule has 2 heterocycles. The number of anilines is 1. The number of halogens is 2. The number of rotatable bonds is 3. The Morgan fingerprint density at radius 1 is 1.30 bits per heavy atom. The Morgan fingerprint density at radius 3 is 2.65 bits per heavy atom. The highest BCUT2D eigenvalue weighted by Crippen LogP contribution is 2.24. The number of nitrogens with two attached hydrogens (primary N) is 1. The van der Waals surface area contributed by atoms with Gasteiger partial charge in [-0.2, -0.15) is 9.97 Å². The third-order valence-electron chi connectivity index (χ3n) is 3.26. The van der Waals surface area contributed by atoms with Crippen molar-refractivity contribution in [2.24, 2.45) is 0 Å². The lowest BCUT2D eigenvalue weighted by Crippen LogP contribution is -2.04. The first kappa shape index (κ1) is 15.7. The molecule has 0 fully saturated rings. The monoisotopic (exact) mass is 395 g/mol. The number of hydrogen-bond acceptors (Lipinski definition) is 6. The summed E-state index contributed by atoms with van der Waals surface area (Å²) < 4.78 is 7.05. The minimum absolute atomic E-state index is 0.0599. The van der Waals surface area contributed by atoms with E-state index >= 15 is 0 Å². The summed E-state index contributed by atoms with van der Waals surface area (Å²) in [6.45, 7) is 0.477. The summed E-state index contributed by atoms with van der Waals surface area (Å²) in [5.41, 5.74) is 8.27. The summed E-state index contributed by atoms with van der Waals surface area (Å²) >= 11 is 9.26. The fourth-order valence-corrected chi connectivity index (χ4v) is 2.80. The van der Waals surface area contributed by atoms with Crippen LogP contribution in [-0.2, 0) is 11.3 Å². The van der Waals surface area contributed by atoms with Gasteiger partial charge in [-0.15, -0.1) is 0 Å². The van der Waals surface area contributed by atoms with Crippen molar-refractivity contribution < 1.29 is 9.53 Å². The molecular weight excluding hydrogens is 386 g/mol. The maximum absolute atomic E-state index is 11.5. The molecule has 1 aromatic carbocycles. The molecule has 9 heteroatoms. The summed E-state index contributed by atoms with van der Waals surface area (Å²) in [6, 6.07) is 7.06. The zero-order valence-electron chi connectivity index (χ0n) is 12.0. The molecule has 7 nitrogen and oxygen atoms in total. The Kier molecular flexibility index (Phi) is 4.18. The maximum Gasteiger partial charge on any atom is 0.337 e. The Balaban J connectivity index is 1.98. The van der Waals surface area contributed by atoms with Gasteiger partial charge in [-0.05, 0) is 45.2 Å². The van der Waals surface area contributed by atoms with Crippen LogP contribution in [-0.4, -0.2) is 32.6 Å². The fourth-order valence-electron chi connectivity index (χ4n) is 2.15. The number of carbonyl (C=O) groups is 1. The van der Waals surface area contributed by atoms with Crippen LogP contribution in [0.25, 0.3) is 11.2 Å². The number of methoxy groups -OCH3 is 1. The third-order valence-corrected chi connectivity index (χ3v) is 4.04. The van der Waals surface area contributed by atoms with Gasteiger partial charge in [-0.25, -0.2) is 9.78 Å². The van der Waals surface area contributed by atoms with E-state index in [0.29, 0.717) is 28.0 Å². The van der Waals surface area contributed by atoms with Crippen molar-refractivity contribution in [2.75, 3.05) is 12.8 Å². The number of ether oxygens (including phenoxy) is 1. The van der Waals surface area contributed by atoms with Crippen LogP contribution in [0.5, 0.6) is 0 Å². The topological polar surface area (TPSA) is 95.9 Å². The second-order valence-electron chi connectivity index (χ2n) is 4.71. The summed E-state index contributed by atoms with van der Waals surface area (Å²) in [4.78, 5) is 23.8. The highest BCUT2D eigenvalue weighted by molar-refractivity contribution is 9.10. The fraction of sp³-hybridized carbons (Fsp3) is 0.143. The highest BCUT2D eigenvalue weighted by Gasteiger charge is 2.15. The molecule has 0 aliphatic heterocycles. The number of aromatic nitrogens is 4. The van der Waals surface area contributed by atoms with E-state index in [9.17, 15) is 4.79 Å². The predicted molar refractivity (Wildman–Crippen MR) is 89.3 cm³/mol. The summed E-state index contributed by atoms with van der Waals surface area (Å²) in [7, 11) is 1.35. The molecule has 2 aromatic heterocycles. The first-order valence-electron chi connectivity index (χ1n) is 6.51. The average molecular weight is 397 g/mol. The van der Waals surface area contributed by atoms with Crippen molar-refractivity contribution in [3.63, 3.8) is 0 Å². The third kappa shape index (κ3) is 2.99. The smallest absolute Gasteiger partial charge is 0.337 e. The molecule has 0 amide bonds. The van der Waals surface area contributed by atoms with Gasteiger partial charge in [0.05, 0.1) is 19.2 Å². The van der Waals surface area contributed by atoms with Crippen molar-refractivity contribution in [1.82, 2.24) is 19.5 Å². The normalized spacial score (nSPS) is 10.9. The Morgan fingerprint density at radius 2 is 2.00 bits per heavy atom. The number of nitrogens with zero attached hydrogens (tertiary/aromatic N) is 4. The zero-order chi connectivity index (χ0) is 16.6. The minimum Gasteiger partial charge on any atom is -0.465 e. The Hall–Kier alpha value is -2.19. The summed E-state index contributed by atoms with van der Waals surface area (Å²) in [5, 5.41) is 0.0599. The molecule has 0 spiro atoms. The number of imidazole rings is 1. The van der Waals surface area contributed by atoms with E-state index in [2.05, 4.69) is 35.6 Å². The number of hydrogen-bond donors (Lipinski definition) is 1. The van der Waals surface area contributed by atoms with Crippen LogP contribution in [0.2, 0.25) is 5.28 Å². The SMILES string of the molecule is COC(=O)c1ccc(Cn2c(Br)nc3c(N)nc(Cl)nc32)cc1. The summed E-state index contributed by atoms with van der Waals surface area (Å²) in [5.74, 6) is -0.154. The van der Waals surface area contributed by atoms with Crippen LogP contribution in [0.15, 0.2) is 29.0 Å². The van der Waals surface area contributed by atoms with Gasteiger partial charge in [0, 0.05) is 0 Å². The molecule has 0 aliphatic rings. The zero-order valence-corrected chi connectivity index (χ0v) is 14.3. The molecule has 0 atom stereocenters. The lowest BCUT2D eigenvalue weighted by molar-refractivity contribution is 0.0600. The first-order valence-corrected chi connectivity index (χ1v) is 7.68. The van der Waals surface area contributed by atoms with Crippen LogP contribution in [0, 0.1) is 0 Å². The van der Waals surface area contributed by atoms with Crippen molar-refractivity contribution in [2.45, 2.75) is 6.54 Å². The Labute approximate surface area is 144 Å². The maximum atomic E-state index is 11.5. The van der Waals surface area contributed by atoms with Gasteiger partial charge in [0.1, 0.15) is 0 Å². The number of benzene rings is 1. The number of nitrogen functional groups attached to an aromatic ring is 1. The number of esters is 1. The number of carbonyl (C=O) groups excluding carboxylic acids is 1. The average Bonchev–Trinajstić information content (AvgIpc) is 2.84. The van der Waals surface area contributed by atoms with Crippen LogP contribution >= 0.6 is 27.5 Å². The van der Waals surface area contributed by atoms with Gasteiger partial charge in [0.25, 0.3) is 0 Å². The number of fused-ring (bicyclic) bond motifs is 1. The van der Waals surface area contributed by atoms with Crippen LogP contribution < -0.4 is 5.73 Å². The molecular formula is C14H11BrClN5O2. The van der Waals surface area contributed by atoms with Crippen molar-refractivity contribution >= 4 is 50.5 Å². The second-order valence-corrected chi connectivity index (χ2v) is 5.75. The van der Waals surface area contributed by atoms with E-state index in [1.54, 1.807) is 12.1 Å². The lowest BCUT2D eigenvalue weighted by Gasteiger charge is -2.07. The van der Waals surface area contributed by atoms with Crippen LogP contribution in [0.4, 0.5) is 5.82 Å². The molecule has 0 bridgehead atoms. The molecule has 0 saturated carbocycles. The standard InChI is InChI=1S/C14H11BrClN5O2/c1-23-12(22)8-4-2-7(3-5-8)6-21-11-9(18-13(21)15)10(17)19-14(16)20-11/h2-5H,6H2,1H3,(H2,17,19,20). The molecule has 0 radical (unpaired) electrons. The van der Waals surface area contributed by atoms with E-state index in [-0.39, 0.29) is 17.1 Å². The molecule has 3 rings (SSSR count). The molecule has 2 N–H and O–H groups in total. The Bertz CT molecular complexity index is 894. The lowest BCUT2D eigenvalue weighted by atomic mass is 10.1. The molecule has 0 saturated heterocycles. The van der Waals surface area contributed by atoms with Crippen LogP contribution in [0.1, 0.15) is 15.9 Å². The van der Waals surface area contributed by atoms with E-state index in [0.717, 1.165) is 5.56 Å². The molecule has 3 aromatic rings. The first-order chi connectivity index (χ1) is 11.0. The molecule has 0 unspecified atom stereocenters.